The van der Waals surface area contributed by atoms with Gasteiger partial charge in [0.25, 0.3) is 5.92 Å². The summed E-state index contributed by atoms with van der Waals surface area (Å²) in [5.74, 6) is -4.61. The minimum Gasteiger partial charge on any atom is -0.496 e. The standard InChI is InChI=1S/C26H30F5N3O3/c1-36-20-5-6-21(37-12-10-32-9-2-8-27)23(29)22(20)25-24-17(7-11-34(25)14-26(30,31)15-35)18-13-16(28)3-4-19(18)33-24/h3-6,13,25,32-33,35H,2,7-12,14-15H2,1H3. The number of hydrogen-bond acceptors (Lipinski definition) is 5. The number of aliphatic hydroxyl groups excluding tert-OH is 1. The summed E-state index contributed by atoms with van der Waals surface area (Å²) in [5, 5.41) is 12.8. The summed E-state index contributed by atoms with van der Waals surface area (Å²) >= 11 is 0. The van der Waals surface area contributed by atoms with Crippen LogP contribution in [0.5, 0.6) is 11.5 Å². The molecule has 0 amide bonds. The topological polar surface area (TPSA) is 69.8 Å². The lowest BCUT2D eigenvalue weighted by Gasteiger charge is -2.38. The zero-order valence-corrected chi connectivity index (χ0v) is 20.4. The first-order valence-corrected chi connectivity index (χ1v) is 12.1. The van der Waals surface area contributed by atoms with Crippen molar-refractivity contribution in [3.05, 3.63) is 58.8 Å². The van der Waals surface area contributed by atoms with Crippen LogP contribution in [-0.4, -0.2) is 74.1 Å². The minimum absolute atomic E-state index is 0.00731. The Morgan fingerprint density at radius 1 is 1.16 bits per heavy atom. The van der Waals surface area contributed by atoms with E-state index in [9.17, 15) is 22.7 Å². The molecule has 3 aromatic rings. The summed E-state index contributed by atoms with van der Waals surface area (Å²) in [6.45, 7) is -1.61. The summed E-state index contributed by atoms with van der Waals surface area (Å²) in [6.07, 6.45) is 0.676. The lowest BCUT2D eigenvalue weighted by molar-refractivity contribution is -0.0791. The second kappa shape index (κ2) is 11.7. The fraction of sp³-hybridized carbons (Fsp3) is 0.462. The maximum absolute atomic E-state index is 16.0. The Morgan fingerprint density at radius 3 is 2.68 bits per heavy atom. The molecular weight excluding hydrogens is 497 g/mol. The van der Waals surface area contributed by atoms with Gasteiger partial charge in [-0.15, -0.1) is 0 Å². The summed E-state index contributed by atoms with van der Waals surface area (Å²) in [7, 11) is 1.35. The molecule has 0 bridgehead atoms. The number of nitrogens with one attached hydrogen (secondary N) is 2. The highest BCUT2D eigenvalue weighted by atomic mass is 19.3. The molecule has 1 atom stereocenters. The van der Waals surface area contributed by atoms with Crippen LogP contribution in [0.1, 0.15) is 29.3 Å². The molecule has 1 aromatic heterocycles. The van der Waals surface area contributed by atoms with Crippen molar-refractivity contribution in [3.63, 3.8) is 0 Å². The molecule has 1 unspecified atom stereocenters. The molecule has 6 nitrogen and oxygen atoms in total. The van der Waals surface area contributed by atoms with Crippen LogP contribution in [-0.2, 0) is 6.42 Å². The number of nitrogens with zero attached hydrogens (tertiary/aromatic N) is 1. The molecule has 11 heteroatoms. The molecule has 0 saturated carbocycles. The molecule has 1 aliphatic rings. The van der Waals surface area contributed by atoms with Crippen LogP contribution in [0.3, 0.4) is 0 Å². The molecule has 0 radical (unpaired) electrons. The van der Waals surface area contributed by atoms with Crippen LogP contribution in [0.15, 0.2) is 30.3 Å². The van der Waals surface area contributed by atoms with Gasteiger partial charge in [0.1, 0.15) is 24.8 Å². The number of H-pyrrole nitrogens is 1. The quantitative estimate of drug-likeness (QED) is 0.241. The Bertz CT molecular complexity index is 1220. The van der Waals surface area contributed by atoms with E-state index in [1.807, 2.05) is 0 Å². The maximum atomic E-state index is 16.0. The van der Waals surface area contributed by atoms with Gasteiger partial charge in [0.05, 0.1) is 31.9 Å². The van der Waals surface area contributed by atoms with E-state index in [-0.39, 0.29) is 30.2 Å². The molecule has 0 fully saturated rings. The van der Waals surface area contributed by atoms with Gasteiger partial charge in [-0.2, -0.15) is 0 Å². The zero-order valence-electron chi connectivity index (χ0n) is 20.4. The summed E-state index contributed by atoms with van der Waals surface area (Å²) in [4.78, 5) is 4.56. The van der Waals surface area contributed by atoms with Crippen LogP contribution < -0.4 is 14.8 Å². The van der Waals surface area contributed by atoms with Crippen LogP contribution in [0.25, 0.3) is 10.9 Å². The Kier molecular flexibility index (Phi) is 8.56. The molecule has 2 heterocycles. The van der Waals surface area contributed by atoms with E-state index in [2.05, 4.69) is 10.3 Å². The van der Waals surface area contributed by atoms with Gasteiger partial charge in [-0.05, 0) is 55.3 Å². The molecule has 202 valence electrons. The summed E-state index contributed by atoms with van der Waals surface area (Å²) < 4.78 is 82.1. The van der Waals surface area contributed by atoms with Crippen molar-refractivity contribution in [2.75, 3.05) is 53.2 Å². The average Bonchev–Trinajstić information content (AvgIpc) is 3.24. The van der Waals surface area contributed by atoms with Crippen molar-refractivity contribution >= 4 is 10.9 Å². The van der Waals surface area contributed by atoms with Crippen LogP contribution >= 0.6 is 0 Å². The van der Waals surface area contributed by atoms with Crippen LogP contribution in [0, 0.1) is 11.6 Å². The molecule has 37 heavy (non-hydrogen) atoms. The third-order valence-electron chi connectivity index (χ3n) is 6.48. The van der Waals surface area contributed by atoms with Gasteiger partial charge in [-0.1, -0.05) is 0 Å². The Hall–Kier alpha value is -2.89. The smallest absolute Gasteiger partial charge is 0.283 e. The van der Waals surface area contributed by atoms with Gasteiger partial charge < -0.3 is 24.9 Å². The monoisotopic (exact) mass is 527 g/mol. The normalized spacial score (nSPS) is 16.2. The number of benzene rings is 2. The fourth-order valence-corrected chi connectivity index (χ4v) is 4.80. The number of aromatic amines is 1. The van der Waals surface area contributed by atoms with Crippen molar-refractivity contribution in [1.29, 1.82) is 0 Å². The molecule has 0 spiro atoms. The lowest BCUT2D eigenvalue weighted by Crippen LogP contribution is -2.45. The zero-order chi connectivity index (χ0) is 26.6. The molecular formula is C26H30F5N3O3. The number of fused-ring (bicyclic) bond motifs is 3. The van der Waals surface area contributed by atoms with Gasteiger partial charge in [0, 0.05) is 29.7 Å². The second-order valence-electron chi connectivity index (χ2n) is 8.98. The number of methoxy groups -OCH3 is 1. The first kappa shape index (κ1) is 27.2. The van der Waals surface area contributed by atoms with Gasteiger partial charge in [-0.3, -0.25) is 9.29 Å². The first-order chi connectivity index (χ1) is 17.8. The molecule has 1 aliphatic heterocycles. The van der Waals surface area contributed by atoms with E-state index in [0.717, 1.165) is 0 Å². The van der Waals surface area contributed by atoms with Crippen molar-refractivity contribution in [2.45, 2.75) is 24.8 Å². The van der Waals surface area contributed by atoms with Crippen molar-refractivity contribution in [3.8, 4) is 11.5 Å². The molecule has 0 aliphatic carbocycles. The number of aliphatic hydroxyl groups is 1. The van der Waals surface area contributed by atoms with E-state index >= 15 is 4.39 Å². The molecule has 2 aromatic carbocycles. The number of hydrogen-bond donors (Lipinski definition) is 3. The maximum Gasteiger partial charge on any atom is 0.283 e. The summed E-state index contributed by atoms with van der Waals surface area (Å²) in [5.41, 5.74) is 1.74. The predicted octanol–water partition coefficient (Wildman–Crippen LogP) is 4.36. The predicted molar refractivity (Wildman–Crippen MR) is 129 cm³/mol. The van der Waals surface area contributed by atoms with E-state index < -0.39 is 43.4 Å². The highest BCUT2D eigenvalue weighted by Crippen LogP contribution is 2.45. The van der Waals surface area contributed by atoms with Gasteiger partial charge in [0.15, 0.2) is 11.6 Å². The minimum atomic E-state index is -3.43. The number of ether oxygens (including phenoxy) is 2. The number of halogens is 5. The largest absolute Gasteiger partial charge is 0.496 e. The highest BCUT2D eigenvalue weighted by Gasteiger charge is 2.41. The first-order valence-electron chi connectivity index (χ1n) is 12.1. The lowest BCUT2D eigenvalue weighted by atomic mass is 9.91. The number of alkyl halides is 3. The Balaban J connectivity index is 1.77. The van der Waals surface area contributed by atoms with E-state index in [0.29, 0.717) is 48.1 Å². The SMILES string of the molecule is COc1ccc(OCCNCCCF)c(F)c1C1c2[nH]c3ccc(F)cc3c2CCN1CC(F)(F)CO. The number of aromatic nitrogens is 1. The van der Waals surface area contributed by atoms with Crippen molar-refractivity contribution < 1.29 is 36.5 Å². The van der Waals surface area contributed by atoms with Gasteiger partial charge >= 0.3 is 0 Å². The molecule has 3 N–H and O–H groups in total. The van der Waals surface area contributed by atoms with Crippen molar-refractivity contribution in [1.82, 2.24) is 15.2 Å². The number of rotatable bonds is 12. The Morgan fingerprint density at radius 2 is 1.95 bits per heavy atom. The summed E-state index contributed by atoms with van der Waals surface area (Å²) in [6, 6.07) is 6.06. The molecule has 4 rings (SSSR count). The van der Waals surface area contributed by atoms with Crippen LogP contribution in [0.2, 0.25) is 0 Å². The van der Waals surface area contributed by atoms with Crippen LogP contribution in [0.4, 0.5) is 22.0 Å². The van der Waals surface area contributed by atoms with E-state index in [4.69, 9.17) is 9.47 Å². The second-order valence-corrected chi connectivity index (χ2v) is 8.98. The Labute approximate surface area is 211 Å². The van der Waals surface area contributed by atoms with Crippen molar-refractivity contribution in [2.24, 2.45) is 0 Å². The van der Waals surface area contributed by atoms with Gasteiger partial charge in [0.2, 0.25) is 0 Å². The average molecular weight is 528 g/mol. The van der Waals surface area contributed by atoms with E-state index in [1.165, 1.54) is 36.3 Å². The van der Waals surface area contributed by atoms with Gasteiger partial charge in [-0.25, -0.2) is 17.6 Å². The molecule has 0 saturated heterocycles. The van der Waals surface area contributed by atoms with E-state index in [1.54, 1.807) is 6.07 Å². The third kappa shape index (κ3) is 5.83. The third-order valence-corrected chi connectivity index (χ3v) is 6.48. The highest BCUT2D eigenvalue weighted by molar-refractivity contribution is 5.85. The fourth-order valence-electron chi connectivity index (χ4n) is 4.80.